The summed E-state index contributed by atoms with van der Waals surface area (Å²) in [4.78, 5) is 18.5. The van der Waals surface area contributed by atoms with Crippen LogP contribution < -0.4 is 15.4 Å². The minimum absolute atomic E-state index is 0.184. The Morgan fingerprint density at radius 1 is 1.03 bits per heavy atom. The monoisotopic (exact) mass is 525 g/mol. The number of methoxy groups -OCH3 is 1. The van der Waals surface area contributed by atoms with Gasteiger partial charge in [0.2, 0.25) is 11.1 Å². The lowest BCUT2D eigenvalue weighted by Crippen LogP contribution is -2.31. The highest BCUT2D eigenvalue weighted by atomic mass is 32.2. The van der Waals surface area contributed by atoms with Gasteiger partial charge in [-0.1, -0.05) is 65.9 Å². The number of carbonyl (C=O) groups excluding carboxylic acids is 1. The van der Waals surface area contributed by atoms with Gasteiger partial charge in [-0.25, -0.2) is 4.68 Å². The Morgan fingerprint density at radius 3 is 2.53 bits per heavy atom. The molecule has 1 aromatic heterocycles. The first kappa shape index (κ1) is 25.6. The third kappa shape index (κ3) is 5.17. The molecule has 0 saturated carbocycles. The lowest BCUT2D eigenvalue weighted by atomic mass is 9.95. The van der Waals surface area contributed by atoms with E-state index in [-0.39, 0.29) is 5.91 Å². The van der Waals surface area contributed by atoms with Crippen molar-refractivity contribution in [2.24, 2.45) is 0 Å². The third-order valence-corrected chi connectivity index (χ3v) is 7.65. The largest absolute Gasteiger partial charge is 0.497 e. The van der Waals surface area contributed by atoms with E-state index in [9.17, 15) is 4.79 Å². The van der Waals surface area contributed by atoms with E-state index in [4.69, 9.17) is 14.8 Å². The molecule has 0 bridgehead atoms. The van der Waals surface area contributed by atoms with Gasteiger partial charge in [0.15, 0.2) is 0 Å². The molecular formula is C30H31N5O2S. The zero-order chi connectivity index (χ0) is 26.8. The van der Waals surface area contributed by atoms with E-state index in [0.29, 0.717) is 16.7 Å². The number of nitrogens with zero attached hydrogens (tertiary/aromatic N) is 3. The molecule has 7 nitrogen and oxygen atoms in total. The molecule has 194 valence electrons. The van der Waals surface area contributed by atoms with Crippen LogP contribution in [0.25, 0.3) is 0 Å². The molecule has 5 rings (SSSR count). The Kier molecular flexibility index (Phi) is 7.24. The quantitative estimate of drug-likeness (QED) is 0.271. The highest BCUT2D eigenvalue weighted by Gasteiger charge is 2.34. The van der Waals surface area contributed by atoms with Crippen LogP contribution in [-0.2, 0) is 10.5 Å². The van der Waals surface area contributed by atoms with Crippen molar-refractivity contribution in [2.45, 2.75) is 44.6 Å². The Hall–Kier alpha value is -4.04. The lowest BCUT2D eigenvalue weighted by Gasteiger charge is -2.29. The lowest BCUT2D eigenvalue weighted by molar-refractivity contribution is -0.113. The number of aryl methyl sites for hydroxylation is 3. The van der Waals surface area contributed by atoms with E-state index in [1.54, 1.807) is 18.9 Å². The maximum Gasteiger partial charge on any atom is 0.255 e. The first-order valence-electron chi connectivity index (χ1n) is 12.5. The summed E-state index contributed by atoms with van der Waals surface area (Å²) in [5.41, 5.74) is 7.75. The number of para-hydroxylation sites is 1. The number of amides is 1. The highest BCUT2D eigenvalue weighted by molar-refractivity contribution is 7.98. The van der Waals surface area contributed by atoms with Crippen molar-refractivity contribution in [3.05, 3.63) is 106 Å². The average molecular weight is 526 g/mol. The van der Waals surface area contributed by atoms with Crippen LogP contribution in [0.15, 0.2) is 83.2 Å². The predicted octanol–water partition coefficient (Wildman–Crippen LogP) is 6.43. The molecule has 2 N–H and O–H groups in total. The first-order chi connectivity index (χ1) is 18.3. The van der Waals surface area contributed by atoms with E-state index in [2.05, 4.69) is 42.7 Å². The van der Waals surface area contributed by atoms with Crippen molar-refractivity contribution in [1.29, 1.82) is 0 Å². The number of allylic oxidation sites excluding steroid dienone is 1. The maximum absolute atomic E-state index is 13.7. The van der Waals surface area contributed by atoms with Gasteiger partial charge in [0.05, 0.1) is 12.7 Å². The molecule has 1 aliphatic heterocycles. The van der Waals surface area contributed by atoms with Crippen LogP contribution >= 0.6 is 11.8 Å². The first-order valence-corrected chi connectivity index (χ1v) is 13.5. The minimum Gasteiger partial charge on any atom is -0.497 e. The minimum atomic E-state index is -0.455. The van der Waals surface area contributed by atoms with Crippen molar-refractivity contribution in [1.82, 2.24) is 14.8 Å². The Bertz CT molecular complexity index is 1520. The molecule has 1 unspecified atom stereocenters. The van der Waals surface area contributed by atoms with E-state index in [1.165, 1.54) is 16.7 Å². The standard InChI is InChI=1S/C30H31N5O2S/c1-18-10-11-19(2)23(16-18)17-38-30-33-29-31-21(4)26(28(36)32-25-9-7-6-8-20(25)3)27(35(29)34-30)22-12-14-24(37-5)15-13-22/h6-16,27H,17H2,1-5H3,(H,32,36)(H,31,33,34). The van der Waals surface area contributed by atoms with E-state index in [0.717, 1.165) is 34.0 Å². The zero-order valence-electron chi connectivity index (χ0n) is 22.2. The molecule has 0 aliphatic carbocycles. The van der Waals surface area contributed by atoms with Gasteiger partial charge in [0.25, 0.3) is 5.91 Å². The van der Waals surface area contributed by atoms with Crippen molar-refractivity contribution < 1.29 is 9.53 Å². The summed E-state index contributed by atoms with van der Waals surface area (Å²) >= 11 is 1.59. The van der Waals surface area contributed by atoms with Gasteiger partial charge < -0.3 is 15.4 Å². The van der Waals surface area contributed by atoms with Crippen molar-refractivity contribution in [3.63, 3.8) is 0 Å². The number of carbonyl (C=O) groups is 1. The number of anilines is 2. The molecule has 1 amide bonds. The number of rotatable bonds is 7. The van der Waals surface area contributed by atoms with Crippen LogP contribution in [0, 0.1) is 20.8 Å². The molecule has 4 aromatic rings. The van der Waals surface area contributed by atoms with Crippen molar-refractivity contribution in [3.8, 4) is 5.75 Å². The molecule has 0 fully saturated rings. The number of hydrogen-bond donors (Lipinski definition) is 2. The zero-order valence-corrected chi connectivity index (χ0v) is 23.0. The molecule has 1 aliphatic rings. The van der Waals surface area contributed by atoms with Gasteiger partial charge >= 0.3 is 0 Å². The van der Waals surface area contributed by atoms with Gasteiger partial charge in [0.1, 0.15) is 11.8 Å². The SMILES string of the molecule is COc1ccc(C2C(C(=O)Nc3ccccc3C)=C(C)Nc3nc(SCc4cc(C)ccc4C)nn32)cc1. The van der Waals surface area contributed by atoms with Gasteiger partial charge in [-0.2, -0.15) is 4.98 Å². The fourth-order valence-corrected chi connectivity index (χ4v) is 5.47. The summed E-state index contributed by atoms with van der Waals surface area (Å²) < 4.78 is 7.18. The topological polar surface area (TPSA) is 81.1 Å². The van der Waals surface area contributed by atoms with Crippen LogP contribution in [0.1, 0.15) is 40.8 Å². The third-order valence-electron chi connectivity index (χ3n) is 6.76. The predicted molar refractivity (Wildman–Crippen MR) is 153 cm³/mol. The summed E-state index contributed by atoms with van der Waals surface area (Å²) in [6.45, 7) is 8.10. The second kappa shape index (κ2) is 10.8. The highest BCUT2D eigenvalue weighted by Crippen LogP contribution is 2.38. The second-order valence-electron chi connectivity index (χ2n) is 9.49. The molecule has 3 aromatic carbocycles. The summed E-state index contributed by atoms with van der Waals surface area (Å²) in [5.74, 6) is 1.94. The molecule has 0 spiro atoms. The smallest absolute Gasteiger partial charge is 0.255 e. The number of fused-ring (bicyclic) bond motifs is 1. The Labute approximate surface area is 227 Å². The van der Waals surface area contributed by atoms with Crippen LogP contribution in [0.3, 0.4) is 0 Å². The van der Waals surface area contributed by atoms with Crippen LogP contribution in [0.4, 0.5) is 11.6 Å². The summed E-state index contributed by atoms with van der Waals surface area (Å²) in [7, 11) is 1.64. The number of hydrogen-bond acceptors (Lipinski definition) is 6. The van der Waals surface area contributed by atoms with E-state index in [1.807, 2.05) is 67.1 Å². The number of aromatic nitrogens is 3. The Balaban J connectivity index is 1.50. The van der Waals surface area contributed by atoms with Gasteiger partial charge in [0, 0.05) is 17.1 Å². The number of nitrogens with one attached hydrogen (secondary N) is 2. The molecule has 8 heteroatoms. The fraction of sp³-hybridized carbons (Fsp3) is 0.233. The van der Waals surface area contributed by atoms with Gasteiger partial charge in [-0.15, -0.1) is 5.10 Å². The van der Waals surface area contributed by atoms with Gasteiger partial charge in [-0.05, 0) is 68.1 Å². The fourth-order valence-electron chi connectivity index (χ4n) is 4.58. The van der Waals surface area contributed by atoms with Crippen LogP contribution in [-0.4, -0.2) is 27.8 Å². The van der Waals surface area contributed by atoms with Gasteiger partial charge in [-0.3, -0.25) is 4.79 Å². The summed E-state index contributed by atoms with van der Waals surface area (Å²) in [6, 6.07) is 21.5. The van der Waals surface area contributed by atoms with Crippen molar-refractivity contribution >= 4 is 29.3 Å². The molecule has 0 saturated heterocycles. The van der Waals surface area contributed by atoms with E-state index < -0.39 is 6.04 Å². The van der Waals surface area contributed by atoms with Crippen LogP contribution in [0.2, 0.25) is 0 Å². The summed E-state index contributed by atoms with van der Waals surface area (Å²) in [5, 5.41) is 11.9. The average Bonchev–Trinajstić information content (AvgIpc) is 3.32. The Morgan fingerprint density at radius 2 is 1.79 bits per heavy atom. The normalized spacial score (nSPS) is 14.6. The number of ether oxygens (including phenoxy) is 1. The molecule has 38 heavy (non-hydrogen) atoms. The number of thioether (sulfide) groups is 1. The summed E-state index contributed by atoms with van der Waals surface area (Å²) in [6.07, 6.45) is 0. The second-order valence-corrected chi connectivity index (χ2v) is 10.4. The molecule has 0 radical (unpaired) electrons. The van der Waals surface area contributed by atoms with E-state index >= 15 is 0 Å². The van der Waals surface area contributed by atoms with Crippen LogP contribution in [0.5, 0.6) is 5.75 Å². The molecule has 2 heterocycles. The molecule has 1 atom stereocenters. The number of benzene rings is 3. The molecular weight excluding hydrogens is 494 g/mol. The maximum atomic E-state index is 13.7. The van der Waals surface area contributed by atoms with Crippen molar-refractivity contribution in [2.75, 3.05) is 17.7 Å².